The first-order valence-electron chi connectivity index (χ1n) is 10.4. The summed E-state index contributed by atoms with van der Waals surface area (Å²) in [6, 6.07) is 7.13. The predicted octanol–water partition coefficient (Wildman–Crippen LogP) is 4.78. The van der Waals surface area contributed by atoms with Crippen LogP contribution in [0, 0.1) is 0 Å². The summed E-state index contributed by atoms with van der Waals surface area (Å²) in [5.74, 6) is 1.64. The third kappa shape index (κ3) is 5.01. The first kappa shape index (κ1) is 24.7. The van der Waals surface area contributed by atoms with E-state index in [0.717, 1.165) is 33.1 Å². The molecule has 0 bridgehead atoms. The molecule has 1 unspecified atom stereocenters. The Balaban J connectivity index is 2.28. The highest BCUT2D eigenvalue weighted by molar-refractivity contribution is 14.1. The molecule has 172 valence electrons. The number of amides is 1. The van der Waals surface area contributed by atoms with Gasteiger partial charge in [-0.25, -0.2) is 0 Å². The molecule has 32 heavy (non-hydrogen) atoms. The highest BCUT2D eigenvalue weighted by Crippen LogP contribution is 2.50. The standard InChI is InChI=1S/C24H28INO5S/c1-29-19-12-14-7-9-17(26-21(28)6-5-11-25)16-13-18(27)20(32-4)10-8-15(16)22(14)24(31-3)23(19)30-2/h8,10,12-13,17H,5-7,9,11H2,1-4H3,(H,26,28). The Morgan fingerprint density at radius 2 is 1.91 bits per heavy atom. The van der Waals surface area contributed by atoms with Crippen molar-refractivity contribution in [3.05, 3.63) is 45.6 Å². The lowest BCUT2D eigenvalue weighted by Crippen LogP contribution is -2.29. The number of hydrogen-bond acceptors (Lipinski definition) is 6. The third-order valence-electron chi connectivity index (χ3n) is 5.59. The fourth-order valence-corrected chi connectivity index (χ4v) is 4.96. The molecule has 1 aliphatic carbocycles. The molecule has 0 heterocycles. The molecule has 0 aliphatic heterocycles. The quantitative estimate of drug-likeness (QED) is 0.280. The Hall–Kier alpha value is -1.94. The van der Waals surface area contributed by atoms with Crippen LogP contribution in [0.1, 0.15) is 36.4 Å². The Morgan fingerprint density at radius 3 is 2.53 bits per heavy atom. The molecule has 1 atom stereocenters. The minimum atomic E-state index is -0.282. The molecule has 0 fully saturated rings. The molecule has 1 N–H and O–H groups in total. The van der Waals surface area contributed by atoms with Crippen molar-refractivity contribution >= 4 is 40.3 Å². The number of benzene rings is 1. The molecule has 1 aliphatic rings. The van der Waals surface area contributed by atoms with E-state index in [1.165, 1.54) is 11.8 Å². The highest BCUT2D eigenvalue weighted by Gasteiger charge is 2.29. The van der Waals surface area contributed by atoms with E-state index in [0.29, 0.717) is 41.4 Å². The van der Waals surface area contributed by atoms with Gasteiger partial charge in [-0.1, -0.05) is 28.7 Å². The minimum absolute atomic E-state index is 0.00487. The minimum Gasteiger partial charge on any atom is -0.493 e. The lowest BCUT2D eigenvalue weighted by molar-refractivity contribution is -0.121. The topological polar surface area (TPSA) is 73.9 Å². The van der Waals surface area contributed by atoms with Crippen LogP contribution in [0.5, 0.6) is 17.2 Å². The summed E-state index contributed by atoms with van der Waals surface area (Å²) in [7, 11) is 4.77. The summed E-state index contributed by atoms with van der Waals surface area (Å²) in [5.41, 5.74) is 3.48. The zero-order chi connectivity index (χ0) is 23.3. The van der Waals surface area contributed by atoms with Crippen LogP contribution in [0.4, 0.5) is 0 Å². The van der Waals surface area contributed by atoms with Crippen LogP contribution >= 0.6 is 34.4 Å². The number of alkyl halides is 1. The van der Waals surface area contributed by atoms with E-state index in [4.69, 9.17) is 14.2 Å². The van der Waals surface area contributed by atoms with Crippen LogP contribution in [-0.4, -0.2) is 37.9 Å². The number of hydrogen-bond donors (Lipinski definition) is 1. The second kappa shape index (κ2) is 11.3. The van der Waals surface area contributed by atoms with Gasteiger partial charge in [0.05, 0.1) is 32.3 Å². The summed E-state index contributed by atoms with van der Waals surface area (Å²) in [4.78, 5) is 26.2. The number of nitrogens with one attached hydrogen (secondary N) is 1. The fraction of sp³-hybridized carbons (Fsp3) is 0.417. The number of rotatable bonds is 8. The Morgan fingerprint density at radius 1 is 1.16 bits per heavy atom. The average molecular weight is 569 g/mol. The van der Waals surface area contributed by atoms with E-state index in [1.54, 1.807) is 27.4 Å². The normalized spacial score (nSPS) is 14.6. The fourth-order valence-electron chi connectivity index (χ4n) is 4.11. The van der Waals surface area contributed by atoms with Crippen molar-refractivity contribution in [2.45, 2.75) is 36.6 Å². The molecule has 0 spiro atoms. The third-order valence-corrected chi connectivity index (χ3v) is 7.13. The van der Waals surface area contributed by atoms with E-state index in [2.05, 4.69) is 27.9 Å². The van der Waals surface area contributed by atoms with Crippen molar-refractivity contribution in [2.75, 3.05) is 32.0 Å². The van der Waals surface area contributed by atoms with E-state index in [-0.39, 0.29) is 17.4 Å². The van der Waals surface area contributed by atoms with Crippen LogP contribution < -0.4 is 25.0 Å². The number of carbonyl (C=O) groups excluding carboxylic acids is 1. The molecule has 3 rings (SSSR count). The highest BCUT2D eigenvalue weighted by atomic mass is 127. The van der Waals surface area contributed by atoms with Gasteiger partial charge in [-0.05, 0) is 60.4 Å². The van der Waals surface area contributed by atoms with E-state index in [1.807, 2.05) is 24.5 Å². The van der Waals surface area contributed by atoms with Gasteiger partial charge >= 0.3 is 0 Å². The average Bonchev–Trinajstić information content (AvgIpc) is 3.04. The van der Waals surface area contributed by atoms with Crippen molar-refractivity contribution in [3.63, 3.8) is 0 Å². The summed E-state index contributed by atoms with van der Waals surface area (Å²) in [6.07, 6.45) is 4.51. The summed E-state index contributed by atoms with van der Waals surface area (Å²) in [5, 5.41) is 3.17. The van der Waals surface area contributed by atoms with Gasteiger partial charge in [-0.15, -0.1) is 11.8 Å². The van der Waals surface area contributed by atoms with Crippen molar-refractivity contribution in [1.82, 2.24) is 5.32 Å². The predicted molar refractivity (Wildman–Crippen MR) is 137 cm³/mol. The molecule has 0 radical (unpaired) electrons. The number of fused-ring (bicyclic) bond motifs is 3. The van der Waals surface area contributed by atoms with Crippen molar-refractivity contribution in [1.29, 1.82) is 0 Å². The van der Waals surface area contributed by atoms with Crippen molar-refractivity contribution in [3.8, 4) is 28.4 Å². The van der Waals surface area contributed by atoms with Crippen molar-refractivity contribution < 1.29 is 19.0 Å². The van der Waals surface area contributed by atoms with Crippen LogP contribution in [0.25, 0.3) is 11.1 Å². The number of aryl methyl sites for hydroxylation is 1. The molecule has 6 nitrogen and oxygen atoms in total. The number of thioether (sulfide) groups is 1. The van der Waals surface area contributed by atoms with Crippen LogP contribution in [0.15, 0.2) is 34.0 Å². The molecule has 0 saturated heterocycles. The largest absolute Gasteiger partial charge is 0.493 e. The van der Waals surface area contributed by atoms with Gasteiger partial charge in [0.2, 0.25) is 11.7 Å². The maximum Gasteiger partial charge on any atom is 0.220 e. The van der Waals surface area contributed by atoms with Gasteiger partial charge in [0.15, 0.2) is 16.9 Å². The first-order valence-corrected chi connectivity index (χ1v) is 13.1. The summed E-state index contributed by atoms with van der Waals surface area (Å²) in [6.45, 7) is 0. The number of carbonyl (C=O) groups is 1. The zero-order valence-electron chi connectivity index (χ0n) is 18.7. The van der Waals surface area contributed by atoms with E-state index < -0.39 is 0 Å². The van der Waals surface area contributed by atoms with Gasteiger partial charge in [0, 0.05) is 16.4 Å². The Kier molecular flexibility index (Phi) is 8.70. The summed E-state index contributed by atoms with van der Waals surface area (Å²) >= 11 is 3.68. The zero-order valence-corrected chi connectivity index (χ0v) is 21.7. The molecule has 1 amide bonds. The Bertz CT molecular complexity index is 1060. The first-order chi connectivity index (χ1) is 15.5. The van der Waals surface area contributed by atoms with E-state index in [9.17, 15) is 9.59 Å². The monoisotopic (exact) mass is 569 g/mol. The SMILES string of the molecule is COc1cc2c(c(OC)c1OC)-c1ccc(SC)c(=O)cc1C(NC(=O)CCCI)CC2. The molecule has 2 aromatic rings. The second-order valence-electron chi connectivity index (χ2n) is 7.41. The van der Waals surface area contributed by atoms with Gasteiger partial charge in [-0.2, -0.15) is 0 Å². The van der Waals surface area contributed by atoms with Crippen molar-refractivity contribution in [2.24, 2.45) is 0 Å². The molecule has 8 heteroatoms. The lowest BCUT2D eigenvalue weighted by Gasteiger charge is -2.20. The van der Waals surface area contributed by atoms with Gasteiger partial charge in [-0.3, -0.25) is 9.59 Å². The summed E-state index contributed by atoms with van der Waals surface area (Å²) < 4.78 is 17.9. The molecule has 0 aromatic heterocycles. The van der Waals surface area contributed by atoms with E-state index >= 15 is 0 Å². The number of halogens is 1. The van der Waals surface area contributed by atoms with Gasteiger partial charge in [0.1, 0.15) is 0 Å². The molecular formula is C24H28INO5S. The van der Waals surface area contributed by atoms with Crippen LogP contribution in [-0.2, 0) is 11.2 Å². The van der Waals surface area contributed by atoms with Crippen LogP contribution in [0.2, 0.25) is 0 Å². The second-order valence-corrected chi connectivity index (χ2v) is 9.34. The number of ether oxygens (including phenoxy) is 3. The van der Waals surface area contributed by atoms with Gasteiger partial charge < -0.3 is 19.5 Å². The number of methoxy groups -OCH3 is 3. The molecular weight excluding hydrogens is 541 g/mol. The molecule has 0 saturated carbocycles. The maximum atomic E-state index is 12.9. The Labute approximate surface area is 206 Å². The van der Waals surface area contributed by atoms with Crippen LogP contribution in [0.3, 0.4) is 0 Å². The smallest absolute Gasteiger partial charge is 0.220 e. The lowest BCUT2D eigenvalue weighted by atomic mass is 9.95. The maximum absolute atomic E-state index is 12.9. The van der Waals surface area contributed by atoms with Gasteiger partial charge in [0.25, 0.3) is 0 Å². The molecule has 2 aromatic carbocycles.